The number of aromatic nitrogens is 2. The summed E-state index contributed by atoms with van der Waals surface area (Å²) in [5, 5.41) is 8.93. The van der Waals surface area contributed by atoms with Gasteiger partial charge >= 0.3 is 5.69 Å². The Labute approximate surface area is 97.9 Å². The second-order valence-electron chi connectivity index (χ2n) is 4.26. The number of hydrogen-bond acceptors (Lipinski definition) is 4. The van der Waals surface area contributed by atoms with Crippen LogP contribution in [-0.4, -0.2) is 34.0 Å². The topological polar surface area (TPSA) is 84.3 Å². The van der Waals surface area contributed by atoms with Crippen LogP contribution in [-0.2, 0) is 4.74 Å². The molecule has 1 aliphatic heterocycles. The highest BCUT2D eigenvalue weighted by Crippen LogP contribution is 2.26. The standard InChI is InChI=1S/C11H16N2O4/c1-7-6-13(11(16)12-10(7)15)8-3-5-17-9(8)2-4-14/h6,8-9,14H,2-5H2,1H3,(H,12,15,16)/t8-,9-/m0/s1. The maximum atomic E-state index is 11.7. The van der Waals surface area contributed by atoms with Crippen molar-refractivity contribution in [2.75, 3.05) is 13.2 Å². The fourth-order valence-electron chi connectivity index (χ4n) is 2.19. The molecule has 0 aliphatic carbocycles. The van der Waals surface area contributed by atoms with Crippen molar-refractivity contribution in [2.24, 2.45) is 0 Å². The largest absolute Gasteiger partial charge is 0.396 e. The first-order valence-corrected chi connectivity index (χ1v) is 5.68. The normalized spacial score (nSPS) is 24.1. The van der Waals surface area contributed by atoms with E-state index in [4.69, 9.17) is 9.84 Å². The minimum absolute atomic E-state index is 0.0260. The fraction of sp³-hybridized carbons (Fsp3) is 0.636. The number of nitrogens with one attached hydrogen (secondary N) is 1. The molecule has 0 amide bonds. The number of ether oxygens (including phenoxy) is 1. The Morgan fingerprint density at radius 2 is 2.35 bits per heavy atom. The molecule has 2 rings (SSSR count). The monoisotopic (exact) mass is 240 g/mol. The molecular formula is C11H16N2O4. The third-order valence-electron chi connectivity index (χ3n) is 3.09. The maximum Gasteiger partial charge on any atom is 0.328 e. The Morgan fingerprint density at radius 3 is 3.06 bits per heavy atom. The lowest BCUT2D eigenvalue weighted by Gasteiger charge is -2.19. The van der Waals surface area contributed by atoms with Crippen LogP contribution in [0.25, 0.3) is 0 Å². The van der Waals surface area contributed by atoms with Crippen LogP contribution in [0, 0.1) is 6.92 Å². The lowest BCUT2D eigenvalue weighted by Crippen LogP contribution is -2.36. The number of aliphatic hydroxyl groups excluding tert-OH is 1. The molecule has 1 aromatic rings. The van der Waals surface area contributed by atoms with Gasteiger partial charge in [0, 0.05) is 25.0 Å². The molecule has 0 bridgehead atoms. The van der Waals surface area contributed by atoms with Gasteiger partial charge < -0.3 is 9.84 Å². The Kier molecular flexibility index (Phi) is 3.44. The first-order chi connectivity index (χ1) is 8.13. The molecule has 0 radical (unpaired) electrons. The van der Waals surface area contributed by atoms with Crippen LogP contribution < -0.4 is 11.2 Å². The smallest absolute Gasteiger partial charge is 0.328 e. The van der Waals surface area contributed by atoms with Gasteiger partial charge in [-0.05, 0) is 19.8 Å². The van der Waals surface area contributed by atoms with Crippen LogP contribution in [0.15, 0.2) is 15.8 Å². The molecule has 1 aliphatic rings. The summed E-state index contributed by atoms with van der Waals surface area (Å²) in [7, 11) is 0. The van der Waals surface area contributed by atoms with Crippen LogP contribution >= 0.6 is 0 Å². The lowest BCUT2D eigenvalue weighted by atomic mass is 10.1. The molecule has 2 atom stereocenters. The van der Waals surface area contributed by atoms with Crippen molar-refractivity contribution in [1.29, 1.82) is 0 Å². The quantitative estimate of drug-likeness (QED) is 0.750. The molecule has 6 heteroatoms. The van der Waals surface area contributed by atoms with Gasteiger partial charge in [-0.25, -0.2) is 4.79 Å². The highest BCUT2D eigenvalue weighted by molar-refractivity contribution is 5.03. The number of hydrogen-bond donors (Lipinski definition) is 2. The van der Waals surface area contributed by atoms with E-state index in [1.54, 1.807) is 13.1 Å². The van der Waals surface area contributed by atoms with Crippen molar-refractivity contribution >= 4 is 0 Å². The Balaban J connectivity index is 2.36. The summed E-state index contributed by atoms with van der Waals surface area (Å²) in [6, 6.07) is -0.106. The van der Waals surface area contributed by atoms with Crippen molar-refractivity contribution in [3.05, 3.63) is 32.6 Å². The SMILES string of the molecule is Cc1cn([C@H]2CCO[C@H]2CCO)c(=O)[nH]c1=O. The van der Waals surface area contributed by atoms with E-state index < -0.39 is 5.69 Å². The minimum Gasteiger partial charge on any atom is -0.396 e. The van der Waals surface area contributed by atoms with E-state index in [0.717, 1.165) is 6.42 Å². The number of rotatable bonds is 3. The van der Waals surface area contributed by atoms with E-state index in [1.807, 2.05) is 0 Å². The Hall–Kier alpha value is -1.40. The van der Waals surface area contributed by atoms with Gasteiger partial charge in [-0.1, -0.05) is 0 Å². The van der Waals surface area contributed by atoms with Gasteiger partial charge in [-0.2, -0.15) is 0 Å². The van der Waals surface area contributed by atoms with E-state index in [9.17, 15) is 9.59 Å². The minimum atomic E-state index is -0.418. The van der Waals surface area contributed by atoms with Gasteiger partial charge in [0.05, 0.1) is 12.1 Å². The summed E-state index contributed by atoms with van der Waals surface area (Å²) in [4.78, 5) is 25.3. The van der Waals surface area contributed by atoms with E-state index in [0.29, 0.717) is 18.6 Å². The highest BCUT2D eigenvalue weighted by Gasteiger charge is 2.30. The predicted molar refractivity (Wildman–Crippen MR) is 61.2 cm³/mol. The summed E-state index contributed by atoms with van der Waals surface area (Å²) < 4.78 is 6.98. The number of aryl methyl sites for hydroxylation is 1. The molecule has 94 valence electrons. The third kappa shape index (κ3) is 2.32. The lowest BCUT2D eigenvalue weighted by molar-refractivity contribution is 0.0684. The molecule has 0 spiro atoms. The van der Waals surface area contributed by atoms with Crippen molar-refractivity contribution in [1.82, 2.24) is 9.55 Å². The molecule has 0 saturated carbocycles. The number of aromatic amines is 1. The summed E-state index contributed by atoms with van der Waals surface area (Å²) in [5.41, 5.74) is -0.276. The molecule has 6 nitrogen and oxygen atoms in total. The van der Waals surface area contributed by atoms with Crippen LogP contribution in [0.5, 0.6) is 0 Å². The molecule has 2 N–H and O–H groups in total. The van der Waals surface area contributed by atoms with Crippen LogP contribution in [0.3, 0.4) is 0 Å². The molecule has 1 fully saturated rings. The van der Waals surface area contributed by atoms with Crippen molar-refractivity contribution < 1.29 is 9.84 Å². The van der Waals surface area contributed by atoms with E-state index in [2.05, 4.69) is 4.98 Å². The fourth-order valence-corrected chi connectivity index (χ4v) is 2.19. The number of aliphatic hydroxyl groups is 1. The summed E-state index contributed by atoms with van der Waals surface area (Å²) >= 11 is 0. The van der Waals surface area contributed by atoms with Crippen molar-refractivity contribution in [3.63, 3.8) is 0 Å². The van der Waals surface area contributed by atoms with Crippen LogP contribution in [0.2, 0.25) is 0 Å². The number of nitrogens with zero attached hydrogens (tertiary/aromatic N) is 1. The van der Waals surface area contributed by atoms with Gasteiger partial charge in [0.2, 0.25) is 0 Å². The average molecular weight is 240 g/mol. The summed E-state index contributed by atoms with van der Waals surface area (Å²) in [6.45, 7) is 2.25. The molecule has 17 heavy (non-hydrogen) atoms. The first kappa shape index (κ1) is 12.1. The molecule has 1 saturated heterocycles. The van der Waals surface area contributed by atoms with E-state index >= 15 is 0 Å². The van der Waals surface area contributed by atoms with Crippen molar-refractivity contribution in [3.8, 4) is 0 Å². The van der Waals surface area contributed by atoms with Gasteiger partial charge in [-0.15, -0.1) is 0 Å². The van der Waals surface area contributed by atoms with Gasteiger partial charge in [-0.3, -0.25) is 14.3 Å². The Bertz CT molecular complexity index is 505. The second kappa shape index (κ2) is 4.85. The summed E-state index contributed by atoms with van der Waals surface area (Å²) in [5.74, 6) is 0. The molecule has 2 heterocycles. The Morgan fingerprint density at radius 1 is 1.59 bits per heavy atom. The van der Waals surface area contributed by atoms with Crippen LogP contribution in [0.1, 0.15) is 24.4 Å². The first-order valence-electron chi connectivity index (χ1n) is 5.68. The highest BCUT2D eigenvalue weighted by atomic mass is 16.5. The molecule has 0 unspecified atom stereocenters. The van der Waals surface area contributed by atoms with Gasteiger partial charge in [0.15, 0.2) is 0 Å². The van der Waals surface area contributed by atoms with E-state index in [-0.39, 0.29) is 24.3 Å². The average Bonchev–Trinajstić information content (AvgIpc) is 2.72. The second-order valence-corrected chi connectivity index (χ2v) is 4.26. The zero-order valence-corrected chi connectivity index (χ0v) is 9.68. The van der Waals surface area contributed by atoms with Gasteiger partial charge in [0.25, 0.3) is 5.56 Å². The number of H-pyrrole nitrogens is 1. The van der Waals surface area contributed by atoms with Crippen LogP contribution in [0.4, 0.5) is 0 Å². The summed E-state index contributed by atoms with van der Waals surface area (Å²) in [6.07, 6.45) is 2.61. The maximum absolute atomic E-state index is 11.7. The zero-order chi connectivity index (χ0) is 12.4. The predicted octanol–water partition coefficient (Wildman–Crippen LogP) is -0.443. The molecular weight excluding hydrogens is 224 g/mol. The zero-order valence-electron chi connectivity index (χ0n) is 9.68. The third-order valence-corrected chi connectivity index (χ3v) is 3.09. The molecule has 0 aromatic carbocycles. The van der Waals surface area contributed by atoms with Crippen molar-refractivity contribution in [2.45, 2.75) is 31.9 Å². The molecule has 1 aromatic heterocycles. The van der Waals surface area contributed by atoms with Gasteiger partial charge in [0.1, 0.15) is 0 Å². The van der Waals surface area contributed by atoms with E-state index in [1.165, 1.54) is 4.57 Å².